The molecule has 9 nitrogen and oxygen atoms in total. The summed E-state index contributed by atoms with van der Waals surface area (Å²) in [6.45, 7) is 0.461. The third-order valence-electron chi connectivity index (χ3n) is 8.74. The number of piperidine rings is 1. The highest BCUT2D eigenvalue weighted by Crippen LogP contribution is 2.42. The van der Waals surface area contributed by atoms with Crippen molar-refractivity contribution in [3.05, 3.63) is 65.2 Å². The van der Waals surface area contributed by atoms with Crippen molar-refractivity contribution in [1.82, 2.24) is 15.1 Å². The Hall–Kier alpha value is -3.59. The standard InChI is InChI=1S/C31H38ClN5O4/c32-25-14-8-7-9-22(25)15-16-27(39)35-19-17-31(18-20-35)30(41)36(21-26(38)34-23-10-3-1-4-11-23)29(28(33)40)37(31)24-12-5-2-6-13-24/h2,5-9,12-14,23,29H,1,3-4,10-11,15-21H2,(H2,33,40)(H,34,38)/t29-/m0/s1. The van der Waals surface area contributed by atoms with Crippen LogP contribution in [0.25, 0.3) is 0 Å². The SMILES string of the molecule is NC(=O)[C@H]1N(CC(=O)NC2CCCCC2)C(=O)C2(CCN(C(=O)CCc3ccccc3Cl)CC2)N1c1ccccc1. The number of rotatable bonds is 8. The van der Waals surface area contributed by atoms with Crippen molar-refractivity contribution in [1.29, 1.82) is 0 Å². The predicted octanol–water partition coefficient (Wildman–Crippen LogP) is 3.24. The van der Waals surface area contributed by atoms with Gasteiger partial charge in [-0.15, -0.1) is 0 Å². The van der Waals surface area contributed by atoms with E-state index in [1.54, 1.807) is 9.80 Å². The minimum atomic E-state index is -1.11. The number of nitrogens with two attached hydrogens (primary N) is 1. The normalized spacial score (nSPS) is 20.9. The second-order valence-electron chi connectivity index (χ2n) is 11.3. The Balaban J connectivity index is 1.34. The molecule has 0 aromatic heterocycles. The highest BCUT2D eigenvalue weighted by Gasteiger charge is 2.60. The van der Waals surface area contributed by atoms with Crippen molar-refractivity contribution in [2.45, 2.75) is 75.5 Å². The monoisotopic (exact) mass is 579 g/mol. The van der Waals surface area contributed by atoms with Gasteiger partial charge in [0.1, 0.15) is 12.1 Å². The molecule has 3 fully saturated rings. The number of carbonyl (C=O) groups is 4. The van der Waals surface area contributed by atoms with Crippen LogP contribution in [0.2, 0.25) is 5.02 Å². The Kier molecular flexibility index (Phi) is 8.82. The molecule has 2 aliphatic heterocycles. The van der Waals surface area contributed by atoms with E-state index in [2.05, 4.69) is 5.32 Å². The Morgan fingerprint density at radius 3 is 2.27 bits per heavy atom. The molecular weight excluding hydrogens is 542 g/mol. The molecular formula is C31H38ClN5O4. The molecule has 10 heteroatoms. The Bertz CT molecular complexity index is 1270. The molecule has 1 saturated carbocycles. The summed E-state index contributed by atoms with van der Waals surface area (Å²) >= 11 is 6.27. The van der Waals surface area contributed by atoms with E-state index >= 15 is 0 Å². The quantitative estimate of drug-likeness (QED) is 0.498. The molecule has 2 aromatic carbocycles. The Morgan fingerprint density at radius 1 is 0.951 bits per heavy atom. The lowest BCUT2D eigenvalue weighted by Crippen LogP contribution is -2.59. The molecule has 4 amide bonds. The molecule has 0 unspecified atom stereocenters. The molecule has 1 atom stereocenters. The van der Waals surface area contributed by atoms with Crippen LogP contribution < -0.4 is 16.0 Å². The summed E-state index contributed by atoms with van der Waals surface area (Å²) in [5.74, 6) is -1.28. The van der Waals surface area contributed by atoms with E-state index in [1.165, 1.54) is 4.90 Å². The number of nitrogens with zero attached hydrogens (tertiary/aromatic N) is 3. The first kappa shape index (κ1) is 28.9. The van der Waals surface area contributed by atoms with Gasteiger partial charge in [0.25, 0.3) is 11.8 Å². The second kappa shape index (κ2) is 12.5. The molecule has 0 bridgehead atoms. The first-order valence-corrected chi connectivity index (χ1v) is 14.9. The van der Waals surface area contributed by atoms with Crippen molar-refractivity contribution in [2.75, 3.05) is 24.5 Å². The summed E-state index contributed by atoms with van der Waals surface area (Å²) in [4.78, 5) is 58.3. The smallest absolute Gasteiger partial charge is 0.261 e. The number of hydrogen-bond acceptors (Lipinski definition) is 5. The van der Waals surface area contributed by atoms with Gasteiger partial charge in [-0.3, -0.25) is 19.2 Å². The van der Waals surface area contributed by atoms with Crippen LogP contribution in [-0.4, -0.2) is 70.8 Å². The van der Waals surface area contributed by atoms with Crippen LogP contribution in [-0.2, 0) is 25.6 Å². The molecule has 2 saturated heterocycles. The molecule has 3 aliphatic rings. The van der Waals surface area contributed by atoms with Crippen LogP contribution in [0.3, 0.4) is 0 Å². The molecule has 41 heavy (non-hydrogen) atoms. The van der Waals surface area contributed by atoms with E-state index in [0.29, 0.717) is 49.5 Å². The number of aryl methyl sites for hydroxylation is 1. The molecule has 5 rings (SSSR count). The topological polar surface area (TPSA) is 116 Å². The average Bonchev–Trinajstić information content (AvgIpc) is 3.21. The van der Waals surface area contributed by atoms with Gasteiger partial charge >= 0.3 is 0 Å². The van der Waals surface area contributed by atoms with E-state index in [9.17, 15) is 19.2 Å². The highest BCUT2D eigenvalue weighted by atomic mass is 35.5. The fourth-order valence-corrected chi connectivity index (χ4v) is 6.86. The summed E-state index contributed by atoms with van der Waals surface area (Å²) in [5.41, 5.74) is 6.44. The van der Waals surface area contributed by atoms with E-state index in [0.717, 1.165) is 37.7 Å². The number of nitrogens with one attached hydrogen (secondary N) is 1. The molecule has 2 heterocycles. The summed E-state index contributed by atoms with van der Waals surface area (Å²) in [7, 11) is 0. The number of para-hydroxylation sites is 1. The van der Waals surface area contributed by atoms with E-state index in [-0.39, 0.29) is 30.3 Å². The van der Waals surface area contributed by atoms with Crippen LogP contribution in [0.4, 0.5) is 5.69 Å². The van der Waals surface area contributed by atoms with Crippen LogP contribution in [0.1, 0.15) is 56.9 Å². The lowest BCUT2D eigenvalue weighted by molar-refractivity contribution is -0.142. The van der Waals surface area contributed by atoms with E-state index in [4.69, 9.17) is 17.3 Å². The minimum absolute atomic E-state index is 0.00774. The van der Waals surface area contributed by atoms with Gasteiger partial charge in [-0.05, 0) is 55.9 Å². The third kappa shape index (κ3) is 6.05. The van der Waals surface area contributed by atoms with Crippen molar-refractivity contribution >= 4 is 40.9 Å². The molecule has 3 N–H and O–H groups in total. The number of halogens is 1. The summed E-state index contributed by atoms with van der Waals surface area (Å²) < 4.78 is 0. The van der Waals surface area contributed by atoms with Crippen molar-refractivity contribution < 1.29 is 19.2 Å². The fraction of sp³-hybridized carbons (Fsp3) is 0.484. The average molecular weight is 580 g/mol. The van der Waals surface area contributed by atoms with Crippen molar-refractivity contribution in [2.24, 2.45) is 5.73 Å². The molecule has 1 aliphatic carbocycles. The number of primary amides is 1. The van der Waals surface area contributed by atoms with Gasteiger partial charge in [-0.1, -0.05) is 67.3 Å². The van der Waals surface area contributed by atoms with Crippen LogP contribution in [0.15, 0.2) is 54.6 Å². The summed E-state index contributed by atoms with van der Waals surface area (Å²) in [5, 5.41) is 3.70. The molecule has 2 aromatic rings. The predicted molar refractivity (Wildman–Crippen MR) is 157 cm³/mol. The summed E-state index contributed by atoms with van der Waals surface area (Å²) in [6, 6.07) is 16.8. The second-order valence-corrected chi connectivity index (χ2v) is 11.7. The summed E-state index contributed by atoms with van der Waals surface area (Å²) in [6.07, 6.45) is 5.50. The van der Waals surface area contributed by atoms with Gasteiger partial charge in [-0.25, -0.2) is 0 Å². The largest absolute Gasteiger partial charge is 0.366 e. The number of hydrogen-bond donors (Lipinski definition) is 2. The number of amides is 4. The van der Waals surface area contributed by atoms with E-state index < -0.39 is 17.6 Å². The highest BCUT2D eigenvalue weighted by molar-refractivity contribution is 6.31. The van der Waals surface area contributed by atoms with Crippen LogP contribution in [0, 0.1) is 0 Å². The number of likely N-dealkylation sites (tertiary alicyclic amines) is 1. The van der Waals surface area contributed by atoms with Gasteiger partial charge in [0.2, 0.25) is 11.8 Å². The number of carbonyl (C=O) groups excluding carboxylic acids is 4. The van der Waals surface area contributed by atoms with Gasteiger partial charge in [0, 0.05) is 36.3 Å². The van der Waals surface area contributed by atoms with Gasteiger partial charge in [-0.2, -0.15) is 0 Å². The van der Waals surface area contributed by atoms with Crippen LogP contribution >= 0.6 is 11.6 Å². The van der Waals surface area contributed by atoms with Gasteiger partial charge in [0.15, 0.2) is 6.17 Å². The van der Waals surface area contributed by atoms with Crippen LogP contribution in [0.5, 0.6) is 0 Å². The zero-order valence-corrected chi connectivity index (χ0v) is 24.0. The van der Waals surface area contributed by atoms with Gasteiger partial charge < -0.3 is 25.8 Å². The Labute approximate surface area is 246 Å². The van der Waals surface area contributed by atoms with Crippen molar-refractivity contribution in [3.8, 4) is 0 Å². The lowest BCUT2D eigenvalue weighted by atomic mass is 9.85. The Morgan fingerprint density at radius 2 is 1.61 bits per heavy atom. The first-order chi connectivity index (χ1) is 19.8. The number of anilines is 1. The molecule has 1 spiro atoms. The first-order valence-electron chi connectivity index (χ1n) is 14.6. The van der Waals surface area contributed by atoms with E-state index in [1.807, 2.05) is 54.6 Å². The van der Waals surface area contributed by atoms with Gasteiger partial charge in [0.05, 0.1) is 0 Å². The maximum atomic E-state index is 14.2. The zero-order chi connectivity index (χ0) is 29.0. The molecule has 0 radical (unpaired) electrons. The fourth-order valence-electron chi connectivity index (χ4n) is 6.63. The molecule has 218 valence electrons. The van der Waals surface area contributed by atoms with Crippen molar-refractivity contribution in [3.63, 3.8) is 0 Å². The maximum Gasteiger partial charge on any atom is 0.261 e. The third-order valence-corrected chi connectivity index (χ3v) is 9.11. The number of benzene rings is 2. The maximum absolute atomic E-state index is 14.2. The zero-order valence-electron chi connectivity index (χ0n) is 23.3. The minimum Gasteiger partial charge on any atom is -0.366 e. The lowest BCUT2D eigenvalue weighted by Gasteiger charge is -2.44.